The van der Waals surface area contributed by atoms with Crippen LogP contribution in [0.2, 0.25) is 0 Å². The normalized spacial score (nSPS) is 11.7. The third-order valence-corrected chi connectivity index (χ3v) is 3.48. The summed E-state index contributed by atoms with van der Waals surface area (Å²) >= 11 is 0. The Morgan fingerprint density at radius 1 is 0.545 bits per heavy atom. The number of rotatable bonds is 4. The third kappa shape index (κ3) is 3.83. The minimum absolute atomic E-state index is 1.20. The van der Waals surface area contributed by atoms with Crippen molar-refractivity contribution < 1.29 is 0 Å². The van der Waals surface area contributed by atoms with Gasteiger partial charge in [0.2, 0.25) is 0 Å². The van der Waals surface area contributed by atoms with Gasteiger partial charge in [-0.3, -0.25) is 0 Å². The van der Waals surface area contributed by atoms with E-state index in [4.69, 9.17) is 0 Å². The average Bonchev–Trinajstić information content (AvgIpc) is 2.61. The third-order valence-electron chi connectivity index (χ3n) is 3.48. The molecule has 0 aliphatic heterocycles. The standard InChI is InChI=1S/C22H18/c1-4-10-19(11-5-1)16-17-22(21-14-8-3-9-15-21)18-20-12-6-2-7-13-20/h1-18H. The van der Waals surface area contributed by atoms with E-state index < -0.39 is 0 Å². The van der Waals surface area contributed by atoms with Crippen molar-refractivity contribution >= 4 is 17.7 Å². The van der Waals surface area contributed by atoms with Crippen LogP contribution in [0.25, 0.3) is 17.7 Å². The van der Waals surface area contributed by atoms with Crippen LogP contribution >= 0.6 is 0 Å². The lowest BCUT2D eigenvalue weighted by molar-refractivity contribution is 1.61. The van der Waals surface area contributed by atoms with Crippen LogP contribution in [0.1, 0.15) is 16.7 Å². The van der Waals surface area contributed by atoms with Crippen molar-refractivity contribution in [3.05, 3.63) is 114 Å². The van der Waals surface area contributed by atoms with E-state index in [-0.39, 0.29) is 0 Å². The van der Waals surface area contributed by atoms with E-state index in [9.17, 15) is 0 Å². The van der Waals surface area contributed by atoms with Crippen LogP contribution in [0.5, 0.6) is 0 Å². The van der Waals surface area contributed by atoms with Gasteiger partial charge in [0.15, 0.2) is 0 Å². The molecule has 0 spiro atoms. The Balaban J connectivity index is 1.97. The molecule has 0 saturated heterocycles. The summed E-state index contributed by atoms with van der Waals surface area (Å²) in [5.41, 5.74) is 4.84. The van der Waals surface area contributed by atoms with Gasteiger partial charge in [-0.05, 0) is 28.3 Å². The van der Waals surface area contributed by atoms with Gasteiger partial charge >= 0.3 is 0 Å². The monoisotopic (exact) mass is 282 g/mol. The smallest absolute Gasteiger partial charge is 0.0178 e. The molecule has 0 N–H and O–H groups in total. The SMILES string of the molecule is C(=Cc1ccccc1)C(=Cc1ccccc1)c1ccccc1. The second kappa shape index (κ2) is 7.24. The Morgan fingerprint density at radius 3 is 1.64 bits per heavy atom. The molecule has 0 atom stereocenters. The van der Waals surface area contributed by atoms with E-state index in [0.717, 1.165) is 0 Å². The quantitative estimate of drug-likeness (QED) is 0.410. The molecule has 0 heterocycles. The summed E-state index contributed by atoms with van der Waals surface area (Å²) < 4.78 is 0. The molecule has 0 nitrogen and oxygen atoms in total. The van der Waals surface area contributed by atoms with E-state index in [2.05, 4.69) is 91.0 Å². The van der Waals surface area contributed by atoms with Crippen molar-refractivity contribution in [3.8, 4) is 0 Å². The minimum Gasteiger partial charge on any atom is -0.0622 e. The van der Waals surface area contributed by atoms with Gasteiger partial charge < -0.3 is 0 Å². The fourth-order valence-electron chi connectivity index (χ4n) is 2.34. The molecule has 106 valence electrons. The molecule has 0 bridgehead atoms. The van der Waals surface area contributed by atoms with Crippen molar-refractivity contribution in [2.45, 2.75) is 0 Å². The summed E-state index contributed by atoms with van der Waals surface area (Å²) in [7, 11) is 0. The first-order valence-corrected chi connectivity index (χ1v) is 7.47. The molecule has 0 aliphatic rings. The van der Waals surface area contributed by atoms with Gasteiger partial charge in [-0.15, -0.1) is 0 Å². The minimum atomic E-state index is 1.20. The van der Waals surface area contributed by atoms with Crippen LogP contribution in [0.15, 0.2) is 97.1 Å². The number of allylic oxidation sites excluding steroid dienone is 2. The molecular weight excluding hydrogens is 264 g/mol. The van der Waals surface area contributed by atoms with Crippen LogP contribution in [0, 0.1) is 0 Å². The van der Waals surface area contributed by atoms with Crippen LogP contribution in [0.3, 0.4) is 0 Å². The Hall–Kier alpha value is -2.86. The summed E-state index contributed by atoms with van der Waals surface area (Å²) in [5, 5.41) is 0. The largest absolute Gasteiger partial charge is 0.0622 e. The van der Waals surface area contributed by atoms with Crippen molar-refractivity contribution in [3.63, 3.8) is 0 Å². The molecule has 0 heteroatoms. The highest BCUT2D eigenvalue weighted by molar-refractivity contribution is 5.90. The summed E-state index contributed by atoms with van der Waals surface area (Å²) in [6.45, 7) is 0. The number of hydrogen-bond donors (Lipinski definition) is 0. The molecule has 0 aromatic heterocycles. The molecule has 0 fully saturated rings. The summed E-state index contributed by atoms with van der Waals surface area (Å²) in [5.74, 6) is 0. The first-order valence-electron chi connectivity index (χ1n) is 7.47. The predicted octanol–water partition coefficient (Wildman–Crippen LogP) is 5.94. The van der Waals surface area contributed by atoms with Crippen molar-refractivity contribution in [1.29, 1.82) is 0 Å². The summed E-state index contributed by atoms with van der Waals surface area (Å²) in [4.78, 5) is 0. The fraction of sp³-hybridized carbons (Fsp3) is 0. The lowest BCUT2D eigenvalue weighted by atomic mass is 10.0. The predicted molar refractivity (Wildman–Crippen MR) is 96.2 cm³/mol. The zero-order valence-electron chi connectivity index (χ0n) is 12.4. The van der Waals surface area contributed by atoms with Gasteiger partial charge in [0.05, 0.1) is 0 Å². The Kier molecular flexibility index (Phi) is 4.63. The Morgan fingerprint density at radius 2 is 1.05 bits per heavy atom. The van der Waals surface area contributed by atoms with Gasteiger partial charge in [0, 0.05) is 0 Å². The lowest BCUT2D eigenvalue weighted by Crippen LogP contribution is -1.81. The van der Waals surface area contributed by atoms with E-state index in [0.29, 0.717) is 0 Å². The van der Waals surface area contributed by atoms with Crippen molar-refractivity contribution in [2.24, 2.45) is 0 Å². The number of benzene rings is 3. The topological polar surface area (TPSA) is 0 Å². The van der Waals surface area contributed by atoms with Gasteiger partial charge in [-0.25, -0.2) is 0 Å². The maximum Gasteiger partial charge on any atom is -0.0178 e. The molecule has 3 rings (SSSR count). The van der Waals surface area contributed by atoms with E-state index >= 15 is 0 Å². The fourth-order valence-corrected chi connectivity index (χ4v) is 2.34. The summed E-state index contributed by atoms with van der Waals surface area (Å²) in [6.07, 6.45) is 6.55. The molecular formula is C22H18. The van der Waals surface area contributed by atoms with E-state index in [1.165, 1.54) is 22.3 Å². The van der Waals surface area contributed by atoms with E-state index in [1.54, 1.807) is 0 Å². The molecule has 3 aromatic rings. The molecule has 3 aromatic carbocycles. The maximum absolute atomic E-state index is 2.22. The Bertz CT molecular complexity index is 751. The van der Waals surface area contributed by atoms with Crippen molar-refractivity contribution in [2.75, 3.05) is 0 Å². The zero-order valence-corrected chi connectivity index (χ0v) is 12.4. The highest BCUT2D eigenvalue weighted by Crippen LogP contribution is 2.20. The van der Waals surface area contributed by atoms with Crippen LogP contribution in [-0.4, -0.2) is 0 Å². The first-order chi connectivity index (χ1) is 10.9. The molecule has 0 radical (unpaired) electrons. The van der Waals surface area contributed by atoms with Crippen LogP contribution < -0.4 is 0 Å². The van der Waals surface area contributed by atoms with Gasteiger partial charge in [0.1, 0.15) is 0 Å². The molecule has 0 unspecified atom stereocenters. The lowest BCUT2D eigenvalue weighted by Gasteiger charge is -2.04. The second-order valence-corrected chi connectivity index (χ2v) is 5.12. The zero-order chi connectivity index (χ0) is 15.0. The molecule has 0 saturated carbocycles. The van der Waals surface area contributed by atoms with Crippen molar-refractivity contribution in [1.82, 2.24) is 0 Å². The Labute approximate surface area is 132 Å². The maximum atomic E-state index is 2.22. The van der Waals surface area contributed by atoms with Gasteiger partial charge in [0.25, 0.3) is 0 Å². The highest BCUT2D eigenvalue weighted by Gasteiger charge is 1.98. The number of hydrogen-bond acceptors (Lipinski definition) is 0. The average molecular weight is 282 g/mol. The molecule has 22 heavy (non-hydrogen) atoms. The van der Waals surface area contributed by atoms with Crippen LogP contribution in [-0.2, 0) is 0 Å². The molecule has 0 aliphatic carbocycles. The second-order valence-electron chi connectivity index (χ2n) is 5.12. The van der Waals surface area contributed by atoms with Gasteiger partial charge in [-0.2, -0.15) is 0 Å². The first kappa shape index (κ1) is 14.1. The molecule has 0 amide bonds. The van der Waals surface area contributed by atoms with Gasteiger partial charge in [-0.1, -0.05) is 103 Å². The van der Waals surface area contributed by atoms with E-state index in [1.807, 2.05) is 18.2 Å². The summed E-state index contributed by atoms with van der Waals surface area (Å²) in [6, 6.07) is 31.3. The van der Waals surface area contributed by atoms with Crippen LogP contribution in [0.4, 0.5) is 0 Å². The highest BCUT2D eigenvalue weighted by atomic mass is 14.0.